The molecule has 0 radical (unpaired) electrons. The van der Waals surface area contributed by atoms with Gasteiger partial charge in [-0.1, -0.05) is 37.3 Å². The summed E-state index contributed by atoms with van der Waals surface area (Å²) < 4.78 is 0. The molecule has 2 heterocycles. The molecule has 2 heteroatoms. The molecule has 2 aliphatic heterocycles. The Labute approximate surface area is 109 Å². The first kappa shape index (κ1) is 11.9. The molecule has 3 rings (SSSR count). The predicted molar refractivity (Wildman–Crippen MR) is 72.7 cm³/mol. The highest BCUT2D eigenvalue weighted by atomic mass is 16.1. The van der Waals surface area contributed by atoms with Crippen molar-refractivity contribution in [2.24, 2.45) is 5.92 Å². The first-order valence-electron chi connectivity index (χ1n) is 7.08. The lowest BCUT2D eigenvalue weighted by atomic mass is 9.77. The van der Waals surface area contributed by atoms with E-state index in [1.54, 1.807) is 0 Å². The molecule has 1 aromatic carbocycles. The van der Waals surface area contributed by atoms with Gasteiger partial charge in [0.1, 0.15) is 0 Å². The fraction of sp³-hybridized carbons (Fsp3) is 0.562. The van der Waals surface area contributed by atoms with E-state index in [0.29, 0.717) is 5.78 Å². The van der Waals surface area contributed by atoms with Gasteiger partial charge in [-0.05, 0) is 38.8 Å². The summed E-state index contributed by atoms with van der Waals surface area (Å²) in [5.74, 6) is 0.453. The van der Waals surface area contributed by atoms with Crippen molar-refractivity contribution in [2.75, 3.05) is 13.1 Å². The van der Waals surface area contributed by atoms with Gasteiger partial charge in [0, 0.05) is 17.0 Å². The topological polar surface area (TPSA) is 20.3 Å². The summed E-state index contributed by atoms with van der Waals surface area (Å²) in [5.41, 5.74) is 1.05. The van der Waals surface area contributed by atoms with Gasteiger partial charge >= 0.3 is 0 Å². The molecule has 1 atom stereocenters. The lowest BCUT2D eigenvalue weighted by Crippen LogP contribution is -2.47. The zero-order valence-electron chi connectivity index (χ0n) is 11.1. The Morgan fingerprint density at radius 3 is 2.39 bits per heavy atom. The molecule has 0 saturated carbocycles. The first-order valence-corrected chi connectivity index (χ1v) is 7.08. The van der Waals surface area contributed by atoms with E-state index in [4.69, 9.17) is 0 Å². The van der Waals surface area contributed by atoms with Gasteiger partial charge < -0.3 is 0 Å². The molecule has 18 heavy (non-hydrogen) atoms. The fourth-order valence-electron chi connectivity index (χ4n) is 3.95. The number of hydrogen-bond acceptors (Lipinski definition) is 2. The number of carbonyl (C=O) groups excluding carboxylic acids is 1. The Hall–Kier alpha value is -1.15. The Bertz CT molecular complexity index is 430. The van der Waals surface area contributed by atoms with E-state index in [2.05, 4.69) is 11.8 Å². The zero-order chi connectivity index (χ0) is 12.6. The highest BCUT2D eigenvalue weighted by Crippen LogP contribution is 2.45. The van der Waals surface area contributed by atoms with Crippen molar-refractivity contribution >= 4 is 5.78 Å². The summed E-state index contributed by atoms with van der Waals surface area (Å²) in [5, 5.41) is 0. The Kier molecular flexibility index (Phi) is 2.98. The van der Waals surface area contributed by atoms with Gasteiger partial charge in [-0.25, -0.2) is 0 Å². The van der Waals surface area contributed by atoms with Crippen molar-refractivity contribution in [1.82, 2.24) is 4.90 Å². The summed E-state index contributed by atoms with van der Waals surface area (Å²) in [6.45, 7) is 4.51. The predicted octanol–water partition coefficient (Wildman–Crippen LogP) is 3.13. The Morgan fingerprint density at radius 2 is 1.78 bits per heavy atom. The average Bonchev–Trinajstić information content (AvgIpc) is 2.98. The van der Waals surface area contributed by atoms with Crippen LogP contribution in [0.25, 0.3) is 0 Å². The summed E-state index contributed by atoms with van der Waals surface area (Å²) in [6, 6.07) is 9.78. The second-order valence-electron chi connectivity index (χ2n) is 5.75. The highest BCUT2D eigenvalue weighted by molar-refractivity contribution is 5.98. The summed E-state index contributed by atoms with van der Waals surface area (Å²) >= 11 is 0. The molecule has 0 aliphatic carbocycles. The maximum atomic E-state index is 12.6. The van der Waals surface area contributed by atoms with Crippen LogP contribution in [0.2, 0.25) is 0 Å². The van der Waals surface area contributed by atoms with Crippen LogP contribution in [0.15, 0.2) is 30.3 Å². The third kappa shape index (κ3) is 1.71. The number of carbonyl (C=O) groups is 1. The van der Waals surface area contributed by atoms with E-state index in [1.807, 2.05) is 30.3 Å². The molecule has 1 unspecified atom stereocenters. The SMILES string of the molecule is CC(C(=O)c1ccccc1)C12CCCN1CCC2. The van der Waals surface area contributed by atoms with E-state index in [9.17, 15) is 4.79 Å². The molecule has 0 amide bonds. The van der Waals surface area contributed by atoms with Crippen molar-refractivity contribution in [3.05, 3.63) is 35.9 Å². The van der Waals surface area contributed by atoms with E-state index < -0.39 is 0 Å². The molecule has 96 valence electrons. The summed E-state index contributed by atoms with van der Waals surface area (Å²) in [7, 11) is 0. The molecule has 2 nitrogen and oxygen atoms in total. The number of Topliss-reactive ketones (excluding diaryl/α,β-unsaturated/α-hetero) is 1. The van der Waals surface area contributed by atoms with Gasteiger partial charge in [0.15, 0.2) is 5.78 Å². The van der Waals surface area contributed by atoms with E-state index in [-0.39, 0.29) is 11.5 Å². The third-order valence-corrected chi connectivity index (χ3v) is 4.96. The number of benzene rings is 1. The fourth-order valence-corrected chi connectivity index (χ4v) is 3.95. The standard InChI is InChI=1S/C16H21NO/c1-13(15(18)14-7-3-2-4-8-14)16-9-5-11-17(16)12-6-10-16/h2-4,7-8,13H,5-6,9-12H2,1H3. The van der Waals surface area contributed by atoms with Gasteiger partial charge in [0.25, 0.3) is 0 Å². The number of fused-ring (bicyclic) bond motifs is 1. The molecule has 0 aromatic heterocycles. The zero-order valence-corrected chi connectivity index (χ0v) is 11.1. The van der Waals surface area contributed by atoms with Gasteiger partial charge in [-0.15, -0.1) is 0 Å². The largest absolute Gasteiger partial charge is 0.297 e. The van der Waals surface area contributed by atoms with Crippen molar-refractivity contribution in [1.29, 1.82) is 0 Å². The quantitative estimate of drug-likeness (QED) is 0.760. The van der Waals surface area contributed by atoms with Crippen LogP contribution in [0.1, 0.15) is 43.0 Å². The van der Waals surface area contributed by atoms with Gasteiger partial charge in [0.2, 0.25) is 0 Å². The molecule has 2 saturated heterocycles. The van der Waals surface area contributed by atoms with Gasteiger partial charge in [-0.3, -0.25) is 9.69 Å². The van der Waals surface area contributed by atoms with Crippen molar-refractivity contribution in [3.63, 3.8) is 0 Å². The smallest absolute Gasteiger partial charge is 0.167 e. The van der Waals surface area contributed by atoms with Crippen LogP contribution in [0, 0.1) is 5.92 Å². The molecule has 1 aromatic rings. The summed E-state index contributed by atoms with van der Waals surface area (Å²) in [4.78, 5) is 15.2. The van der Waals surface area contributed by atoms with Gasteiger partial charge in [0.05, 0.1) is 0 Å². The van der Waals surface area contributed by atoms with Crippen LogP contribution < -0.4 is 0 Å². The number of hydrogen-bond donors (Lipinski definition) is 0. The van der Waals surface area contributed by atoms with E-state index >= 15 is 0 Å². The second kappa shape index (κ2) is 4.51. The van der Waals surface area contributed by atoms with Crippen molar-refractivity contribution < 1.29 is 4.79 Å². The molecule has 0 N–H and O–H groups in total. The van der Waals surface area contributed by atoms with Crippen molar-refractivity contribution in [2.45, 2.75) is 38.1 Å². The molecular weight excluding hydrogens is 222 g/mol. The van der Waals surface area contributed by atoms with Crippen LogP contribution >= 0.6 is 0 Å². The maximum Gasteiger partial charge on any atom is 0.167 e. The van der Waals surface area contributed by atoms with Crippen LogP contribution in [0.5, 0.6) is 0 Å². The van der Waals surface area contributed by atoms with E-state index in [1.165, 1.54) is 38.8 Å². The third-order valence-electron chi connectivity index (χ3n) is 4.96. The van der Waals surface area contributed by atoms with Crippen LogP contribution in [-0.4, -0.2) is 29.3 Å². The monoisotopic (exact) mass is 243 g/mol. The summed E-state index contributed by atoms with van der Waals surface area (Å²) in [6.07, 6.45) is 4.91. The molecule has 0 bridgehead atoms. The van der Waals surface area contributed by atoms with Crippen LogP contribution in [0.3, 0.4) is 0 Å². The first-order chi connectivity index (χ1) is 8.74. The maximum absolute atomic E-state index is 12.6. The minimum atomic E-state index is 0.130. The highest BCUT2D eigenvalue weighted by Gasteiger charge is 2.50. The minimum absolute atomic E-state index is 0.130. The Morgan fingerprint density at radius 1 is 1.17 bits per heavy atom. The minimum Gasteiger partial charge on any atom is -0.297 e. The number of rotatable bonds is 3. The average molecular weight is 243 g/mol. The van der Waals surface area contributed by atoms with Crippen LogP contribution in [0.4, 0.5) is 0 Å². The van der Waals surface area contributed by atoms with Crippen LogP contribution in [-0.2, 0) is 0 Å². The lowest BCUT2D eigenvalue weighted by Gasteiger charge is -2.37. The number of ketones is 1. The van der Waals surface area contributed by atoms with Gasteiger partial charge in [-0.2, -0.15) is 0 Å². The molecule has 2 aliphatic rings. The lowest BCUT2D eigenvalue weighted by molar-refractivity contribution is 0.0718. The second-order valence-corrected chi connectivity index (χ2v) is 5.75. The molecule has 2 fully saturated rings. The normalized spacial score (nSPS) is 23.8. The van der Waals surface area contributed by atoms with Crippen molar-refractivity contribution in [3.8, 4) is 0 Å². The molecular formula is C16H21NO. The Balaban J connectivity index is 1.86. The molecule has 0 spiro atoms. The number of nitrogens with zero attached hydrogens (tertiary/aromatic N) is 1. The van der Waals surface area contributed by atoms with E-state index in [0.717, 1.165) is 5.56 Å².